The Balaban J connectivity index is 1.42. The van der Waals surface area contributed by atoms with Crippen LogP contribution in [0.2, 0.25) is 0 Å². The van der Waals surface area contributed by atoms with Crippen LogP contribution in [0, 0.1) is 6.92 Å². The lowest BCUT2D eigenvalue weighted by Gasteiger charge is -2.16. The van der Waals surface area contributed by atoms with Gasteiger partial charge in [-0.3, -0.25) is 9.36 Å². The summed E-state index contributed by atoms with van der Waals surface area (Å²) in [6.07, 6.45) is -0.563. The van der Waals surface area contributed by atoms with Gasteiger partial charge in [0, 0.05) is 12.3 Å². The summed E-state index contributed by atoms with van der Waals surface area (Å²) in [6.45, 7) is 2.59. The number of hydrogen-bond acceptors (Lipinski definition) is 10. The molecule has 1 fully saturated rings. The van der Waals surface area contributed by atoms with Gasteiger partial charge in [0.25, 0.3) is 0 Å². The van der Waals surface area contributed by atoms with Gasteiger partial charge in [-0.1, -0.05) is 29.8 Å². The lowest BCUT2D eigenvalue weighted by molar-refractivity contribution is -0.138. The topological polar surface area (TPSA) is 169 Å². The Morgan fingerprint density at radius 1 is 1.24 bits per heavy atom. The number of aryl methyl sites for hydroxylation is 1. The number of nitrogens with one attached hydrogen (secondary N) is 1. The van der Waals surface area contributed by atoms with Crippen molar-refractivity contribution in [1.29, 1.82) is 0 Å². The molecule has 0 amide bonds. The van der Waals surface area contributed by atoms with Crippen molar-refractivity contribution in [2.45, 2.75) is 50.5 Å². The number of fused-ring (bicyclic) bond motifs is 1. The Bertz CT molecular complexity index is 1130. The molecule has 0 spiro atoms. The number of benzene rings is 1. The monoisotopic (exact) mass is 488 g/mol. The van der Waals surface area contributed by atoms with E-state index < -0.39 is 36.6 Å². The van der Waals surface area contributed by atoms with Gasteiger partial charge in [-0.2, -0.15) is 11.8 Å². The summed E-state index contributed by atoms with van der Waals surface area (Å²) < 4.78 is 7.54. The largest absolute Gasteiger partial charge is 0.480 e. The highest BCUT2D eigenvalue weighted by Crippen LogP contribution is 2.33. The van der Waals surface area contributed by atoms with Gasteiger partial charge < -0.3 is 31.1 Å². The van der Waals surface area contributed by atoms with Gasteiger partial charge in [0.2, 0.25) is 0 Å². The summed E-state index contributed by atoms with van der Waals surface area (Å²) in [4.78, 5) is 23.8. The fourth-order valence-electron chi connectivity index (χ4n) is 3.69. The summed E-state index contributed by atoms with van der Waals surface area (Å²) in [7, 11) is 0. The van der Waals surface area contributed by atoms with E-state index >= 15 is 0 Å². The van der Waals surface area contributed by atoms with Gasteiger partial charge in [-0.25, -0.2) is 15.0 Å². The van der Waals surface area contributed by atoms with E-state index in [0.29, 0.717) is 41.5 Å². The molecule has 1 aliphatic heterocycles. The van der Waals surface area contributed by atoms with Crippen LogP contribution in [-0.4, -0.2) is 76.7 Å². The van der Waals surface area contributed by atoms with Gasteiger partial charge in [-0.15, -0.1) is 0 Å². The predicted octanol–water partition coefficient (Wildman–Crippen LogP) is 0.901. The number of carboxylic acid groups (broad SMARTS) is 1. The molecule has 34 heavy (non-hydrogen) atoms. The number of nitrogens with two attached hydrogens (primary N) is 1. The van der Waals surface area contributed by atoms with E-state index in [4.69, 9.17) is 15.6 Å². The Labute approximate surface area is 200 Å². The number of ether oxygens (including phenoxy) is 1. The second-order valence-corrected chi connectivity index (χ2v) is 9.39. The lowest BCUT2D eigenvalue weighted by Crippen LogP contribution is -2.33. The molecule has 0 unspecified atom stereocenters. The SMILES string of the molecule is Cc1ccc(CNc2ncnc3c2ncn3[C@@H]2O[C@H](CSCC[C@@H](N)C(=O)O)[C@@H](O)[C@H]2O)cc1. The molecule has 0 aliphatic carbocycles. The van der Waals surface area contributed by atoms with Crippen molar-refractivity contribution in [1.82, 2.24) is 19.5 Å². The van der Waals surface area contributed by atoms with Gasteiger partial charge in [0.15, 0.2) is 23.2 Å². The van der Waals surface area contributed by atoms with Crippen molar-refractivity contribution in [3.8, 4) is 0 Å². The third-order valence-electron chi connectivity index (χ3n) is 5.72. The van der Waals surface area contributed by atoms with Crippen LogP contribution >= 0.6 is 11.8 Å². The third-order valence-corrected chi connectivity index (χ3v) is 6.81. The van der Waals surface area contributed by atoms with E-state index in [1.807, 2.05) is 31.2 Å². The summed E-state index contributed by atoms with van der Waals surface area (Å²) in [5, 5.41) is 33.3. The predicted molar refractivity (Wildman–Crippen MR) is 127 cm³/mol. The van der Waals surface area contributed by atoms with Crippen LogP contribution in [0.25, 0.3) is 11.2 Å². The van der Waals surface area contributed by atoms with Crippen LogP contribution in [0.1, 0.15) is 23.8 Å². The van der Waals surface area contributed by atoms with Crippen molar-refractivity contribution in [2.24, 2.45) is 5.73 Å². The Morgan fingerprint density at radius 3 is 2.74 bits per heavy atom. The minimum absolute atomic E-state index is 0.302. The molecule has 5 atom stereocenters. The first-order valence-corrected chi connectivity index (χ1v) is 12.0. The maximum absolute atomic E-state index is 10.8. The molecule has 6 N–H and O–H groups in total. The molecule has 1 aromatic carbocycles. The quantitative estimate of drug-likeness (QED) is 0.257. The standard InChI is InChI=1S/C22H28N6O5S/c1-12-2-4-13(5-3-12)8-24-19-16-20(26-10-25-19)28(11-27-16)21-18(30)17(29)15(33-21)9-34-7-6-14(23)22(31)32/h2-5,10-11,14-15,17-18,21,29-30H,6-9,23H2,1H3,(H,31,32)(H,24,25,26)/t14-,15-,17-,18-,21-/m1/s1. The maximum atomic E-state index is 10.8. The number of imidazole rings is 1. The molecule has 1 saturated heterocycles. The van der Waals surface area contributed by atoms with E-state index in [-0.39, 0.29) is 0 Å². The number of anilines is 1. The number of carbonyl (C=O) groups is 1. The van der Waals surface area contributed by atoms with Gasteiger partial charge >= 0.3 is 5.97 Å². The van der Waals surface area contributed by atoms with E-state index in [1.165, 1.54) is 30.0 Å². The van der Waals surface area contributed by atoms with Crippen molar-refractivity contribution in [2.75, 3.05) is 16.8 Å². The molecule has 4 rings (SSSR count). The van der Waals surface area contributed by atoms with E-state index in [1.54, 1.807) is 4.57 Å². The maximum Gasteiger partial charge on any atom is 0.320 e. The Hall–Kier alpha value is -2.77. The van der Waals surface area contributed by atoms with Gasteiger partial charge in [0.05, 0.1) is 12.4 Å². The molecule has 3 aromatic rings. The number of aliphatic hydroxyl groups excluding tert-OH is 2. The average Bonchev–Trinajstić information content (AvgIpc) is 3.37. The number of rotatable bonds is 10. The van der Waals surface area contributed by atoms with Crippen molar-refractivity contribution in [3.63, 3.8) is 0 Å². The first-order chi connectivity index (χ1) is 16.3. The zero-order chi connectivity index (χ0) is 24.2. The second-order valence-electron chi connectivity index (χ2n) is 8.24. The molecule has 182 valence electrons. The van der Waals surface area contributed by atoms with E-state index in [9.17, 15) is 15.0 Å². The zero-order valence-electron chi connectivity index (χ0n) is 18.6. The summed E-state index contributed by atoms with van der Waals surface area (Å²) >= 11 is 1.41. The van der Waals surface area contributed by atoms with Crippen LogP contribution < -0.4 is 11.1 Å². The van der Waals surface area contributed by atoms with Crippen LogP contribution in [0.4, 0.5) is 5.82 Å². The molecular weight excluding hydrogens is 460 g/mol. The van der Waals surface area contributed by atoms with Crippen LogP contribution in [0.15, 0.2) is 36.9 Å². The number of thioether (sulfide) groups is 1. The highest BCUT2D eigenvalue weighted by atomic mass is 32.2. The molecule has 12 heteroatoms. The lowest BCUT2D eigenvalue weighted by atomic mass is 10.1. The molecule has 0 saturated carbocycles. The van der Waals surface area contributed by atoms with Crippen molar-refractivity contribution >= 4 is 34.7 Å². The van der Waals surface area contributed by atoms with Crippen molar-refractivity contribution < 1.29 is 24.9 Å². The number of carboxylic acids is 1. The Kier molecular flexibility index (Phi) is 7.63. The highest BCUT2D eigenvalue weighted by Gasteiger charge is 2.44. The molecule has 0 radical (unpaired) electrons. The number of aliphatic carboxylic acids is 1. The van der Waals surface area contributed by atoms with Crippen LogP contribution in [-0.2, 0) is 16.1 Å². The third kappa shape index (κ3) is 5.31. The molecule has 3 heterocycles. The Morgan fingerprint density at radius 2 is 2.00 bits per heavy atom. The smallest absolute Gasteiger partial charge is 0.320 e. The first kappa shape index (κ1) is 24.4. The first-order valence-electron chi connectivity index (χ1n) is 10.9. The molecule has 1 aliphatic rings. The molecule has 2 aromatic heterocycles. The van der Waals surface area contributed by atoms with Gasteiger partial charge in [0.1, 0.15) is 24.6 Å². The molecule has 0 bridgehead atoms. The number of nitrogens with zero attached hydrogens (tertiary/aromatic N) is 4. The second kappa shape index (κ2) is 10.7. The van der Waals surface area contributed by atoms with E-state index in [0.717, 1.165) is 5.56 Å². The molecular formula is C22H28N6O5S. The van der Waals surface area contributed by atoms with Crippen LogP contribution in [0.3, 0.4) is 0 Å². The fourth-order valence-corrected chi connectivity index (χ4v) is 4.78. The summed E-state index contributed by atoms with van der Waals surface area (Å²) in [5.41, 5.74) is 8.79. The summed E-state index contributed by atoms with van der Waals surface area (Å²) in [5.74, 6) is 0.388. The number of aromatic nitrogens is 4. The highest BCUT2D eigenvalue weighted by molar-refractivity contribution is 7.99. The van der Waals surface area contributed by atoms with E-state index in [2.05, 4.69) is 20.3 Å². The minimum Gasteiger partial charge on any atom is -0.480 e. The zero-order valence-corrected chi connectivity index (χ0v) is 19.4. The number of hydrogen-bond donors (Lipinski definition) is 5. The fraction of sp³-hybridized carbons (Fsp3) is 0.455. The van der Waals surface area contributed by atoms with Crippen molar-refractivity contribution in [3.05, 3.63) is 48.0 Å². The average molecular weight is 489 g/mol. The number of aliphatic hydroxyl groups is 2. The summed E-state index contributed by atoms with van der Waals surface area (Å²) in [6, 6.07) is 7.24. The molecule has 11 nitrogen and oxygen atoms in total. The minimum atomic E-state index is -1.18. The van der Waals surface area contributed by atoms with Gasteiger partial charge in [-0.05, 0) is 24.7 Å². The van der Waals surface area contributed by atoms with Crippen LogP contribution in [0.5, 0.6) is 0 Å². The normalized spacial score (nSPS) is 23.3.